The van der Waals surface area contributed by atoms with Crippen molar-refractivity contribution in [1.29, 1.82) is 5.26 Å². The molecule has 0 aliphatic rings. The van der Waals surface area contributed by atoms with Crippen molar-refractivity contribution in [3.63, 3.8) is 0 Å². The minimum Gasteiger partial charge on any atom is -0.494 e. The quantitative estimate of drug-likeness (QED) is 0.343. The highest BCUT2D eigenvalue weighted by Crippen LogP contribution is 2.39. The van der Waals surface area contributed by atoms with E-state index in [4.69, 9.17) is 16.3 Å². The predicted molar refractivity (Wildman–Crippen MR) is 130 cm³/mol. The normalized spacial score (nSPS) is 11.2. The van der Waals surface area contributed by atoms with E-state index in [9.17, 15) is 23.6 Å². The fourth-order valence-corrected chi connectivity index (χ4v) is 5.36. The first kappa shape index (κ1) is 22.7. The van der Waals surface area contributed by atoms with E-state index in [2.05, 4.69) is 4.98 Å². The van der Waals surface area contributed by atoms with Crippen molar-refractivity contribution >= 4 is 43.9 Å². The third-order valence-electron chi connectivity index (χ3n) is 5.51. The molecule has 0 spiro atoms. The van der Waals surface area contributed by atoms with Gasteiger partial charge < -0.3 is 4.74 Å². The standard InChI is InChI=1S/C24H13ClF2N4O3S/c1-34-19-7-13(14(25)8-16(19)27)20-9-17-22(35-20)23(32)31(24(33)30(17)6-5-28)18-11-29-10-12-3-2-4-15(26)21(12)18/h2-4,7-11H,6H2,1H3. The molecule has 0 aliphatic carbocycles. The Morgan fingerprint density at radius 3 is 2.71 bits per heavy atom. The maximum Gasteiger partial charge on any atom is 0.337 e. The van der Waals surface area contributed by atoms with Crippen LogP contribution in [0.4, 0.5) is 8.78 Å². The summed E-state index contributed by atoms with van der Waals surface area (Å²) in [4.78, 5) is 31.5. The Hall–Kier alpha value is -4.07. The summed E-state index contributed by atoms with van der Waals surface area (Å²) in [6.07, 6.45) is 2.65. The van der Waals surface area contributed by atoms with E-state index in [0.717, 1.165) is 26.5 Å². The highest BCUT2D eigenvalue weighted by Gasteiger charge is 2.22. The van der Waals surface area contributed by atoms with Crippen LogP contribution in [0, 0.1) is 23.0 Å². The maximum atomic E-state index is 14.8. The number of aromatic nitrogens is 3. The van der Waals surface area contributed by atoms with E-state index in [1.165, 1.54) is 43.8 Å². The Kier molecular flexibility index (Phi) is 5.59. The van der Waals surface area contributed by atoms with Gasteiger partial charge in [0.1, 0.15) is 17.1 Å². The summed E-state index contributed by atoms with van der Waals surface area (Å²) < 4.78 is 35.9. The summed E-state index contributed by atoms with van der Waals surface area (Å²) >= 11 is 7.26. The average molecular weight is 511 g/mol. The van der Waals surface area contributed by atoms with E-state index in [1.54, 1.807) is 6.07 Å². The van der Waals surface area contributed by atoms with Crippen LogP contribution >= 0.6 is 22.9 Å². The number of hydrogen-bond acceptors (Lipinski definition) is 6. The van der Waals surface area contributed by atoms with Crippen LogP contribution in [-0.2, 0) is 6.54 Å². The summed E-state index contributed by atoms with van der Waals surface area (Å²) in [5.74, 6) is -1.34. The van der Waals surface area contributed by atoms with Crippen LogP contribution in [-0.4, -0.2) is 21.2 Å². The molecule has 0 bridgehead atoms. The largest absolute Gasteiger partial charge is 0.494 e. The Morgan fingerprint density at radius 1 is 1.17 bits per heavy atom. The number of benzene rings is 2. The molecule has 0 amide bonds. The monoisotopic (exact) mass is 510 g/mol. The Labute approximate surface area is 204 Å². The molecule has 0 unspecified atom stereocenters. The summed E-state index contributed by atoms with van der Waals surface area (Å²) in [6.45, 7) is -0.368. The smallest absolute Gasteiger partial charge is 0.337 e. The molecule has 0 saturated carbocycles. The molecule has 11 heteroatoms. The molecule has 5 rings (SSSR count). The summed E-state index contributed by atoms with van der Waals surface area (Å²) in [6, 6.07) is 10.2. The van der Waals surface area contributed by atoms with Crippen molar-refractivity contribution in [3.8, 4) is 27.9 Å². The number of rotatable bonds is 4. The van der Waals surface area contributed by atoms with Gasteiger partial charge in [-0.3, -0.25) is 14.3 Å². The van der Waals surface area contributed by atoms with E-state index in [-0.39, 0.29) is 38.6 Å². The zero-order valence-corrected chi connectivity index (χ0v) is 19.5. The molecule has 5 aromatic rings. The van der Waals surface area contributed by atoms with Crippen LogP contribution in [0.5, 0.6) is 5.75 Å². The van der Waals surface area contributed by atoms with Gasteiger partial charge in [0.15, 0.2) is 11.6 Å². The fourth-order valence-electron chi connectivity index (χ4n) is 3.93. The molecular formula is C24H13ClF2N4O3S. The highest BCUT2D eigenvalue weighted by molar-refractivity contribution is 7.22. The van der Waals surface area contributed by atoms with Crippen molar-refractivity contribution in [3.05, 3.63) is 86.3 Å². The third-order valence-corrected chi connectivity index (χ3v) is 6.97. The van der Waals surface area contributed by atoms with Crippen LogP contribution in [0.3, 0.4) is 0 Å². The molecule has 0 atom stereocenters. The SMILES string of the molecule is COc1cc(-c2cc3c(s2)c(=O)n(-c2cncc4cccc(F)c24)c(=O)n3CC#N)c(Cl)cc1F. The molecule has 0 fully saturated rings. The first-order chi connectivity index (χ1) is 16.8. The van der Waals surface area contributed by atoms with Gasteiger partial charge in [-0.05, 0) is 24.3 Å². The van der Waals surface area contributed by atoms with Crippen LogP contribution < -0.4 is 16.0 Å². The zero-order chi connectivity index (χ0) is 24.9. The third kappa shape index (κ3) is 3.56. The Morgan fingerprint density at radius 2 is 1.97 bits per heavy atom. The summed E-state index contributed by atoms with van der Waals surface area (Å²) in [5, 5.41) is 9.89. The number of pyridine rings is 1. The second kappa shape index (κ2) is 8.61. The molecule has 0 N–H and O–H groups in total. The van der Waals surface area contributed by atoms with Gasteiger partial charge in [-0.2, -0.15) is 5.26 Å². The van der Waals surface area contributed by atoms with Crippen molar-refractivity contribution in [2.45, 2.75) is 6.54 Å². The van der Waals surface area contributed by atoms with Crippen molar-refractivity contribution in [2.24, 2.45) is 0 Å². The molecule has 7 nitrogen and oxygen atoms in total. The second-order valence-electron chi connectivity index (χ2n) is 7.46. The number of hydrogen-bond donors (Lipinski definition) is 0. The van der Waals surface area contributed by atoms with Gasteiger partial charge in [0.2, 0.25) is 0 Å². The lowest BCUT2D eigenvalue weighted by Crippen LogP contribution is -2.38. The van der Waals surface area contributed by atoms with Gasteiger partial charge >= 0.3 is 5.69 Å². The molecular weight excluding hydrogens is 498 g/mol. The van der Waals surface area contributed by atoms with Gasteiger partial charge in [-0.25, -0.2) is 18.1 Å². The average Bonchev–Trinajstić information content (AvgIpc) is 3.27. The number of ether oxygens (including phenoxy) is 1. The minimum atomic E-state index is -0.825. The molecule has 3 aromatic heterocycles. The van der Waals surface area contributed by atoms with Crippen LogP contribution in [0.1, 0.15) is 0 Å². The first-order valence-electron chi connectivity index (χ1n) is 10.1. The van der Waals surface area contributed by atoms with Crippen molar-refractivity contribution in [2.75, 3.05) is 7.11 Å². The van der Waals surface area contributed by atoms with Crippen LogP contribution in [0.15, 0.2) is 58.4 Å². The molecule has 0 radical (unpaired) electrons. The molecule has 174 valence electrons. The lowest BCUT2D eigenvalue weighted by molar-refractivity contribution is 0.387. The number of nitriles is 1. The van der Waals surface area contributed by atoms with Gasteiger partial charge in [0, 0.05) is 27.4 Å². The Balaban J connectivity index is 1.87. The van der Waals surface area contributed by atoms with E-state index >= 15 is 0 Å². The highest BCUT2D eigenvalue weighted by atomic mass is 35.5. The molecule has 3 heterocycles. The molecule has 0 saturated heterocycles. The minimum absolute atomic E-state index is 0.0411. The van der Waals surface area contributed by atoms with Gasteiger partial charge in [0.05, 0.1) is 35.6 Å². The number of nitrogens with zero attached hydrogens (tertiary/aromatic N) is 4. The summed E-state index contributed by atoms with van der Waals surface area (Å²) in [7, 11) is 1.31. The maximum absolute atomic E-state index is 14.8. The van der Waals surface area contributed by atoms with Gasteiger partial charge in [0.25, 0.3) is 5.56 Å². The Bertz CT molecular complexity index is 1820. The first-order valence-corrected chi connectivity index (χ1v) is 11.3. The number of fused-ring (bicyclic) bond motifs is 2. The molecule has 2 aromatic carbocycles. The lowest BCUT2D eigenvalue weighted by atomic mass is 10.1. The van der Waals surface area contributed by atoms with Gasteiger partial charge in [-0.1, -0.05) is 23.7 Å². The van der Waals surface area contributed by atoms with E-state index < -0.39 is 22.9 Å². The zero-order valence-electron chi connectivity index (χ0n) is 17.9. The summed E-state index contributed by atoms with van der Waals surface area (Å²) in [5.41, 5.74) is -0.996. The number of methoxy groups -OCH3 is 1. The fraction of sp³-hybridized carbons (Fsp3) is 0.0833. The lowest BCUT2D eigenvalue weighted by Gasteiger charge is -2.12. The van der Waals surface area contributed by atoms with Crippen molar-refractivity contribution in [1.82, 2.24) is 14.1 Å². The topological polar surface area (TPSA) is 89.9 Å². The number of halogens is 3. The second-order valence-corrected chi connectivity index (χ2v) is 8.91. The van der Waals surface area contributed by atoms with Crippen LogP contribution in [0.2, 0.25) is 5.02 Å². The predicted octanol–water partition coefficient (Wildman–Crippen LogP) is 4.89. The van der Waals surface area contributed by atoms with Crippen LogP contribution in [0.25, 0.3) is 37.1 Å². The number of thiophene rings is 1. The molecule has 35 heavy (non-hydrogen) atoms. The molecule has 0 aliphatic heterocycles. The van der Waals surface area contributed by atoms with E-state index in [0.29, 0.717) is 15.8 Å². The van der Waals surface area contributed by atoms with E-state index in [1.807, 2.05) is 6.07 Å². The van der Waals surface area contributed by atoms with Gasteiger partial charge in [-0.15, -0.1) is 11.3 Å². The van der Waals surface area contributed by atoms with Crippen molar-refractivity contribution < 1.29 is 13.5 Å².